The molecule has 1 aromatic carbocycles. The Morgan fingerprint density at radius 1 is 1.13 bits per heavy atom. The normalized spacial score (nSPS) is 15.2. The summed E-state index contributed by atoms with van der Waals surface area (Å²) in [6, 6.07) is 10.2. The van der Waals surface area contributed by atoms with Crippen molar-refractivity contribution in [2.24, 2.45) is 0 Å². The third-order valence-corrected chi connectivity index (χ3v) is 4.89. The number of hydrogen-bond donors (Lipinski definition) is 1. The predicted molar refractivity (Wildman–Crippen MR) is 103 cm³/mol. The maximum absolute atomic E-state index is 13.6. The van der Waals surface area contributed by atoms with Crippen molar-refractivity contribution in [3.63, 3.8) is 0 Å². The molecule has 0 atom stereocenters. The number of nitrogens with one attached hydrogen (secondary N) is 1. The van der Waals surface area contributed by atoms with Gasteiger partial charge in [-0.3, -0.25) is 9.78 Å². The van der Waals surface area contributed by atoms with Gasteiger partial charge in [0, 0.05) is 42.8 Å². The number of carbonyl (C=O) groups excluding carboxylic acids is 1. The van der Waals surface area contributed by atoms with Crippen LogP contribution in [0.1, 0.15) is 28.9 Å². The van der Waals surface area contributed by atoms with Gasteiger partial charge in [0.25, 0.3) is 5.91 Å². The van der Waals surface area contributed by atoms with E-state index in [0.717, 1.165) is 23.6 Å². The van der Waals surface area contributed by atoms with Gasteiger partial charge in [0.05, 0.1) is 11.4 Å². The Hall–Kier alpha value is -3.20. The highest BCUT2D eigenvalue weighted by atomic mass is 19.4. The molecule has 0 spiro atoms. The standard InChI is InChI=1S/C21H19F3N4O2/c22-21(23,24)19-12-18(15-2-1-9-25-13-15)27-28(19)17-5-3-14(4-6-17)20(29)26-16-7-10-30-11-8-16/h1-6,9,12-13,16H,7-8,10-11H2,(H,26,29). The Bertz CT molecular complexity index is 1010. The number of nitrogens with zero attached hydrogens (tertiary/aromatic N) is 3. The van der Waals surface area contributed by atoms with Gasteiger partial charge in [0.1, 0.15) is 5.69 Å². The van der Waals surface area contributed by atoms with E-state index < -0.39 is 11.9 Å². The smallest absolute Gasteiger partial charge is 0.381 e. The van der Waals surface area contributed by atoms with E-state index in [9.17, 15) is 18.0 Å². The summed E-state index contributed by atoms with van der Waals surface area (Å²) in [7, 11) is 0. The van der Waals surface area contributed by atoms with Crippen LogP contribution in [0, 0.1) is 0 Å². The molecule has 156 valence electrons. The van der Waals surface area contributed by atoms with E-state index in [4.69, 9.17) is 4.74 Å². The van der Waals surface area contributed by atoms with Crippen LogP contribution in [0.2, 0.25) is 0 Å². The summed E-state index contributed by atoms with van der Waals surface area (Å²) >= 11 is 0. The molecule has 0 bridgehead atoms. The van der Waals surface area contributed by atoms with Crippen LogP contribution in [-0.2, 0) is 10.9 Å². The zero-order valence-corrected chi connectivity index (χ0v) is 15.9. The molecule has 1 saturated heterocycles. The van der Waals surface area contributed by atoms with Gasteiger partial charge >= 0.3 is 6.18 Å². The van der Waals surface area contributed by atoms with Crippen molar-refractivity contribution in [1.82, 2.24) is 20.1 Å². The molecule has 3 heterocycles. The fraction of sp³-hybridized carbons (Fsp3) is 0.286. The SMILES string of the molecule is O=C(NC1CCOCC1)c1ccc(-n2nc(-c3cccnc3)cc2C(F)(F)F)cc1. The Kier molecular flexibility index (Phi) is 5.54. The average Bonchev–Trinajstić information content (AvgIpc) is 3.21. The number of hydrogen-bond acceptors (Lipinski definition) is 4. The Morgan fingerprint density at radius 3 is 2.50 bits per heavy atom. The number of amides is 1. The molecule has 0 radical (unpaired) electrons. The summed E-state index contributed by atoms with van der Waals surface area (Å²) in [6.45, 7) is 1.20. The van der Waals surface area contributed by atoms with Crippen LogP contribution in [0.25, 0.3) is 16.9 Å². The number of benzene rings is 1. The van der Waals surface area contributed by atoms with Crippen molar-refractivity contribution in [1.29, 1.82) is 0 Å². The maximum atomic E-state index is 13.6. The number of aromatic nitrogens is 3. The number of rotatable bonds is 4. The van der Waals surface area contributed by atoms with Crippen LogP contribution in [0.5, 0.6) is 0 Å². The van der Waals surface area contributed by atoms with Gasteiger partial charge in [-0.1, -0.05) is 0 Å². The maximum Gasteiger partial charge on any atom is 0.433 e. The first-order valence-electron chi connectivity index (χ1n) is 9.48. The van der Waals surface area contributed by atoms with Crippen LogP contribution >= 0.6 is 0 Å². The van der Waals surface area contributed by atoms with Gasteiger partial charge in [-0.15, -0.1) is 0 Å². The van der Waals surface area contributed by atoms with Crippen molar-refractivity contribution in [3.8, 4) is 16.9 Å². The number of pyridine rings is 1. The Balaban J connectivity index is 1.60. The predicted octanol–water partition coefficient (Wildman–Crippen LogP) is 3.86. The lowest BCUT2D eigenvalue weighted by Gasteiger charge is -2.23. The topological polar surface area (TPSA) is 69.0 Å². The summed E-state index contributed by atoms with van der Waals surface area (Å²) in [4.78, 5) is 16.3. The van der Waals surface area contributed by atoms with Gasteiger partial charge in [-0.05, 0) is 55.3 Å². The van der Waals surface area contributed by atoms with Gasteiger partial charge in [-0.2, -0.15) is 18.3 Å². The zero-order chi connectivity index (χ0) is 21.1. The van der Waals surface area contributed by atoms with Gasteiger partial charge in [-0.25, -0.2) is 4.68 Å². The second kappa shape index (κ2) is 8.27. The molecule has 6 nitrogen and oxygen atoms in total. The monoisotopic (exact) mass is 416 g/mol. The highest BCUT2D eigenvalue weighted by Gasteiger charge is 2.36. The molecule has 0 aliphatic carbocycles. The number of halogens is 3. The third-order valence-electron chi connectivity index (χ3n) is 4.89. The molecule has 0 unspecified atom stereocenters. The van der Waals surface area contributed by atoms with E-state index in [0.29, 0.717) is 24.3 Å². The molecule has 1 fully saturated rings. The van der Waals surface area contributed by atoms with Crippen molar-refractivity contribution >= 4 is 5.91 Å². The van der Waals surface area contributed by atoms with Crippen LogP contribution in [0.3, 0.4) is 0 Å². The molecule has 2 aromatic heterocycles. The van der Waals surface area contributed by atoms with E-state index in [1.165, 1.54) is 36.7 Å². The molecule has 30 heavy (non-hydrogen) atoms. The molecule has 0 saturated carbocycles. The quantitative estimate of drug-likeness (QED) is 0.701. The van der Waals surface area contributed by atoms with Crippen molar-refractivity contribution in [2.75, 3.05) is 13.2 Å². The summed E-state index contributed by atoms with van der Waals surface area (Å²) in [6.07, 6.45) is -0.120. The van der Waals surface area contributed by atoms with Gasteiger partial charge in [0.15, 0.2) is 0 Å². The van der Waals surface area contributed by atoms with Crippen LogP contribution < -0.4 is 5.32 Å². The van der Waals surface area contributed by atoms with Crippen molar-refractivity contribution in [2.45, 2.75) is 25.1 Å². The highest BCUT2D eigenvalue weighted by molar-refractivity contribution is 5.94. The van der Waals surface area contributed by atoms with E-state index >= 15 is 0 Å². The van der Waals surface area contributed by atoms with E-state index in [-0.39, 0.29) is 23.3 Å². The first-order chi connectivity index (χ1) is 14.4. The lowest BCUT2D eigenvalue weighted by molar-refractivity contribution is -0.142. The molecule has 4 rings (SSSR count). The molecule has 9 heteroatoms. The number of ether oxygens (including phenoxy) is 1. The first kappa shape index (κ1) is 20.1. The third kappa shape index (κ3) is 4.35. The van der Waals surface area contributed by atoms with Crippen LogP contribution in [-0.4, -0.2) is 39.9 Å². The minimum atomic E-state index is -4.59. The van der Waals surface area contributed by atoms with Crippen LogP contribution in [0.4, 0.5) is 13.2 Å². The fourth-order valence-corrected chi connectivity index (χ4v) is 3.30. The minimum absolute atomic E-state index is 0.0379. The zero-order valence-electron chi connectivity index (χ0n) is 15.9. The lowest BCUT2D eigenvalue weighted by Crippen LogP contribution is -2.38. The molecule has 1 amide bonds. The number of carbonyl (C=O) groups is 1. The van der Waals surface area contributed by atoms with E-state index in [1.807, 2.05) is 0 Å². The van der Waals surface area contributed by atoms with Gasteiger partial charge in [0.2, 0.25) is 0 Å². The minimum Gasteiger partial charge on any atom is -0.381 e. The van der Waals surface area contributed by atoms with Crippen molar-refractivity contribution < 1.29 is 22.7 Å². The summed E-state index contributed by atoms with van der Waals surface area (Å²) in [5.41, 5.74) is 0.324. The molecule has 1 aliphatic rings. The first-order valence-corrected chi connectivity index (χ1v) is 9.48. The molecular formula is C21H19F3N4O2. The molecule has 3 aromatic rings. The molecule has 1 N–H and O–H groups in total. The number of alkyl halides is 3. The second-order valence-corrected chi connectivity index (χ2v) is 6.97. The van der Waals surface area contributed by atoms with E-state index in [1.54, 1.807) is 12.1 Å². The van der Waals surface area contributed by atoms with Gasteiger partial charge < -0.3 is 10.1 Å². The average molecular weight is 416 g/mol. The van der Waals surface area contributed by atoms with Crippen LogP contribution in [0.15, 0.2) is 54.9 Å². The second-order valence-electron chi connectivity index (χ2n) is 6.97. The largest absolute Gasteiger partial charge is 0.433 e. The Labute approximate surface area is 170 Å². The highest BCUT2D eigenvalue weighted by Crippen LogP contribution is 2.34. The summed E-state index contributed by atoms with van der Waals surface area (Å²) in [5.74, 6) is -0.263. The summed E-state index contributed by atoms with van der Waals surface area (Å²) in [5, 5.41) is 7.05. The Morgan fingerprint density at radius 2 is 1.87 bits per heavy atom. The lowest BCUT2D eigenvalue weighted by atomic mass is 10.1. The summed E-state index contributed by atoms with van der Waals surface area (Å²) < 4.78 is 46.8. The fourth-order valence-electron chi connectivity index (χ4n) is 3.30. The molecular weight excluding hydrogens is 397 g/mol. The van der Waals surface area contributed by atoms with E-state index in [2.05, 4.69) is 15.4 Å². The molecule has 1 aliphatic heterocycles. The van der Waals surface area contributed by atoms with Crippen molar-refractivity contribution in [3.05, 3.63) is 66.1 Å².